The number of benzene rings is 2. The second-order valence-electron chi connectivity index (χ2n) is 5.75. The highest BCUT2D eigenvalue weighted by Gasteiger charge is 2.05. The van der Waals surface area contributed by atoms with Crippen molar-refractivity contribution in [2.24, 2.45) is 0 Å². The molecule has 24 heavy (non-hydrogen) atoms. The number of hydrogen-bond acceptors (Lipinski definition) is 3. The highest BCUT2D eigenvalue weighted by molar-refractivity contribution is 6.30. The molecule has 0 aliphatic rings. The minimum absolute atomic E-state index is 0.555. The zero-order valence-corrected chi connectivity index (χ0v) is 15.2. The molecular formula is C20H26ClNO2. The second-order valence-corrected chi connectivity index (χ2v) is 6.19. The Labute approximate surface area is 149 Å². The van der Waals surface area contributed by atoms with Gasteiger partial charge in [-0.05, 0) is 50.6 Å². The minimum atomic E-state index is 0.555. The van der Waals surface area contributed by atoms with Gasteiger partial charge in [-0.15, -0.1) is 0 Å². The summed E-state index contributed by atoms with van der Waals surface area (Å²) in [5, 5.41) is 4.14. The van der Waals surface area contributed by atoms with Crippen molar-refractivity contribution in [1.29, 1.82) is 0 Å². The fourth-order valence-corrected chi connectivity index (χ4v) is 2.53. The van der Waals surface area contributed by atoms with Crippen molar-refractivity contribution in [3.63, 3.8) is 0 Å². The lowest BCUT2D eigenvalue weighted by molar-refractivity contribution is 0.144. The van der Waals surface area contributed by atoms with Crippen molar-refractivity contribution in [2.75, 3.05) is 19.8 Å². The number of aryl methyl sites for hydroxylation is 1. The number of nitrogens with one attached hydrogen (secondary N) is 1. The van der Waals surface area contributed by atoms with Crippen molar-refractivity contribution in [1.82, 2.24) is 5.32 Å². The van der Waals surface area contributed by atoms with Crippen LogP contribution >= 0.6 is 11.6 Å². The van der Waals surface area contributed by atoms with Crippen LogP contribution in [0, 0.1) is 6.92 Å². The van der Waals surface area contributed by atoms with Crippen LogP contribution in [0.2, 0.25) is 5.02 Å². The van der Waals surface area contributed by atoms with Gasteiger partial charge in [-0.25, -0.2) is 0 Å². The molecule has 2 aromatic carbocycles. The Morgan fingerprint density at radius 2 is 1.88 bits per heavy atom. The van der Waals surface area contributed by atoms with Crippen LogP contribution in [0.25, 0.3) is 0 Å². The molecule has 4 heteroatoms. The lowest BCUT2D eigenvalue weighted by Gasteiger charge is -2.13. The number of halogens is 1. The molecule has 0 amide bonds. The summed E-state index contributed by atoms with van der Waals surface area (Å²) in [6.07, 6.45) is 0.994. The zero-order chi connectivity index (χ0) is 17.2. The van der Waals surface area contributed by atoms with Gasteiger partial charge in [-0.2, -0.15) is 0 Å². The van der Waals surface area contributed by atoms with E-state index in [1.807, 2.05) is 25.1 Å². The minimum Gasteiger partial charge on any atom is -0.489 e. The molecule has 0 radical (unpaired) electrons. The molecule has 2 rings (SSSR count). The molecule has 0 unspecified atom stereocenters. The van der Waals surface area contributed by atoms with Crippen molar-refractivity contribution < 1.29 is 9.47 Å². The van der Waals surface area contributed by atoms with Gasteiger partial charge in [0.1, 0.15) is 12.4 Å². The summed E-state index contributed by atoms with van der Waals surface area (Å²) in [5.41, 5.74) is 3.49. The molecular weight excluding hydrogens is 322 g/mol. The van der Waals surface area contributed by atoms with E-state index in [0.29, 0.717) is 6.61 Å². The van der Waals surface area contributed by atoms with E-state index < -0.39 is 0 Å². The summed E-state index contributed by atoms with van der Waals surface area (Å²) < 4.78 is 11.3. The molecule has 3 nitrogen and oxygen atoms in total. The summed E-state index contributed by atoms with van der Waals surface area (Å²) in [6, 6.07) is 14.1. The Balaban J connectivity index is 1.88. The molecule has 130 valence electrons. The van der Waals surface area contributed by atoms with Gasteiger partial charge >= 0.3 is 0 Å². The molecule has 0 spiro atoms. The first-order chi connectivity index (χ1) is 11.7. The predicted octanol–water partition coefficient (Wildman–Crippen LogP) is 4.74. The van der Waals surface area contributed by atoms with Gasteiger partial charge < -0.3 is 14.8 Å². The van der Waals surface area contributed by atoms with Gasteiger partial charge in [0.15, 0.2) is 0 Å². The summed E-state index contributed by atoms with van der Waals surface area (Å²) in [6.45, 7) is 7.84. The molecule has 0 saturated heterocycles. The van der Waals surface area contributed by atoms with Crippen molar-refractivity contribution >= 4 is 11.6 Å². The normalized spacial score (nSPS) is 10.8. The Morgan fingerprint density at radius 3 is 2.62 bits per heavy atom. The quantitative estimate of drug-likeness (QED) is 0.629. The molecule has 0 heterocycles. The lowest BCUT2D eigenvalue weighted by atomic mass is 10.1. The summed E-state index contributed by atoms with van der Waals surface area (Å²) in [4.78, 5) is 0. The van der Waals surface area contributed by atoms with Crippen molar-refractivity contribution in [3.05, 3.63) is 64.2 Å². The Morgan fingerprint density at radius 1 is 1.08 bits per heavy atom. The topological polar surface area (TPSA) is 30.5 Å². The first kappa shape index (κ1) is 18.8. The molecule has 2 aromatic rings. The Bertz CT molecular complexity index is 614. The molecule has 0 atom stereocenters. The predicted molar refractivity (Wildman–Crippen MR) is 99.8 cm³/mol. The average molecular weight is 348 g/mol. The van der Waals surface area contributed by atoms with E-state index >= 15 is 0 Å². The van der Waals surface area contributed by atoms with Crippen LogP contribution < -0.4 is 10.1 Å². The Kier molecular flexibility index (Phi) is 8.10. The SMILES string of the molecule is CCOCCCNCc1cc(Cl)ccc1OCc1ccc(C)cc1. The largest absolute Gasteiger partial charge is 0.489 e. The highest BCUT2D eigenvalue weighted by atomic mass is 35.5. The molecule has 0 aliphatic heterocycles. The van der Waals surface area contributed by atoms with E-state index in [4.69, 9.17) is 21.1 Å². The van der Waals surface area contributed by atoms with E-state index in [-0.39, 0.29) is 0 Å². The van der Waals surface area contributed by atoms with E-state index in [1.165, 1.54) is 5.56 Å². The maximum absolute atomic E-state index is 6.13. The smallest absolute Gasteiger partial charge is 0.124 e. The number of hydrogen-bond donors (Lipinski definition) is 1. The van der Waals surface area contributed by atoms with E-state index in [9.17, 15) is 0 Å². The summed E-state index contributed by atoms with van der Waals surface area (Å²) >= 11 is 6.13. The van der Waals surface area contributed by atoms with Gasteiger partial charge in [0, 0.05) is 30.3 Å². The fourth-order valence-electron chi connectivity index (χ4n) is 2.34. The third-order valence-electron chi connectivity index (χ3n) is 3.70. The van der Waals surface area contributed by atoms with Crippen LogP contribution in [0.4, 0.5) is 0 Å². The summed E-state index contributed by atoms with van der Waals surface area (Å²) in [7, 11) is 0. The average Bonchev–Trinajstić information content (AvgIpc) is 2.58. The molecule has 0 fully saturated rings. The third kappa shape index (κ3) is 6.52. The van der Waals surface area contributed by atoms with Crippen LogP contribution in [-0.4, -0.2) is 19.8 Å². The summed E-state index contributed by atoms with van der Waals surface area (Å²) in [5.74, 6) is 0.872. The van der Waals surface area contributed by atoms with Gasteiger partial charge in [0.2, 0.25) is 0 Å². The van der Waals surface area contributed by atoms with Crippen LogP contribution in [0.3, 0.4) is 0 Å². The van der Waals surface area contributed by atoms with E-state index in [1.54, 1.807) is 0 Å². The fraction of sp³-hybridized carbons (Fsp3) is 0.400. The number of ether oxygens (including phenoxy) is 2. The first-order valence-corrected chi connectivity index (χ1v) is 8.82. The third-order valence-corrected chi connectivity index (χ3v) is 3.93. The first-order valence-electron chi connectivity index (χ1n) is 8.44. The van der Waals surface area contributed by atoms with Gasteiger partial charge in [-0.3, -0.25) is 0 Å². The zero-order valence-electron chi connectivity index (χ0n) is 14.5. The lowest BCUT2D eigenvalue weighted by Crippen LogP contribution is -2.17. The van der Waals surface area contributed by atoms with Crippen LogP contribution in [0.5, 0.6) is 5.75 Å². The molecule has 0 saturated carbocycles. The van der Waals surface area contributed by atoms with Gasteiger partial charge in [-0.1, -0.05) is 41.4 Å². The van der Waals surface area contributed by atoms with Gasteiger partial charge in [0.05, 0.1) is 0 Å². The van der Waals surface area contributed by atoms with Crippen LogP contribution in [0.1, 0.15) is 30.0 Å². The van der Waals surface area contributed by atoms with Crippen LogP contribution in [-0.2, 0) is 17.9 Å². The molecule has 0 aliphatic carbocycles. The molecule has 0 bridgehead atoms. The molecule has 1 N–H and O–H groups in total. The second kappa shape index (κ2) is 10.3. The number of rotatable bonds is 10. The highest BCUT2D eigenvalue weighted by Crippen LogP contribution is 2.24. The standard InChI is InChI=1S/C20H26ClNO2/c1-3-23-12-4-11-22-14-18-13-19(21)9-10-20(18)24-15-17-7-5-16(2)6-8-17/h5-10,13,22H,3-4,11-12,14-15H2,1-2H3. The van der Waals surface area contributed by atoms with Gasteiger partial charge in [0.25, 0.3) is 0 Å². The van der Waals surface area contributed by atoms with Crippen LogP contribution in [0.15, 0.2) is 42.5 Å². The van der Waals surface area contributed by atoms with E-state index in [0.717, 1.165) is 54.6 Å². The van der Waals surface area contributed by atoms with Crippen molar-refractivity contribution in [2.45, 2.75) is 33.4 Å². The molecule has 0 aromatic heterocycles. The van der Waals surface area contributed by atoms with Crippen molar-refractivity contribution in [3.8, 4) is 5.75 Å². The van der Waals surface area contributed by atoms with E-state index in [2.05, 4.69) is 36.5 Å². The monoisotopic (exact) mass is 347 g/mol. The maximum Gasteiger partial charge on any atom is 0.124 e. The Hall–Kier alpha value is -1.55. The maximum atomic E-state index is 6.13.